The molecule has 2 aromatic rings. The monoisotopic (exact) mass is 408 g/mol. The van der Waals surface area contributed by atoms with Crippen molar-refractivity contribution >= 4 is 19.8 Å². The van der Waals surface area contributed by atoms with Crippen LogP contribution in [0.25, 0.3) is 5.82 Å². The van der Waals surface area contributed by atoms with E-state index in [9.17, 15) is 9.59 Å². The Morgan fingerprint density at radius 2 is 2.11 bits per heavy atom. The third kappa shape index (κ3) is 4.63. The van der Waals surface area contributed by atoms with Crippen LogP contribution in [0.4, 0.5) is 5.82 Å². The van der Waals surface area contributed by atoms with E-state index >= 15 is 0 Å². The summed E-state index contributed by atoms with van der Waals surface area (Å²) in [6.45, 7) is 7.47. The molecule has 0 bridgehead atoms. The maximum Gasteiger partial charge on any atom is 0.443 e. The van der Waals surface area contributed by atoms with Crippen LogP contribution in [0.5, 0.6) is 5.88 Å². The van der Waals surface area contributed by atoms with Crippen LogP contribution in [0.1, 0.15) is 5.89 Å². The normalized spacial score (nSPS) is 14.1. The summed E-state index contributed by atoms with van der Waals surface area (Å²) in [6.07, 6.45) is 1.65. The highest BCUT2D eigenvalue weighted by molar-refractivity contribution is 6.76. The number of carbonyl (C=O) groups excluding carboxylic acids is 1. The summed E-state index contributed by atoms with van der Waals surface area (Å²) in [6, 6.07) is 0.975. The van der Waals surface area contributed by atoms with Crippen molar-refractivity contribution in [1.82, 2.24) is 19.7 Å². The topological polar surface area (TPSA) is 139 Å². The summed E-state index contributed by atoms with van der Waals surface area (Å²) < 4.78 is 17.0. The minimum absolute atomic E-state index is 0.0317. The van der Waals surface area contributed by atoms with Crippen molar-refractivity contribution in [2.24, 2.45) is 5.73 Å². The SMILES string of the molecule is C[Si](C)(C)CCOCN1C(=O)COc2ncc(-n3nc(CCN)oc3=O)nc21. The quantitative estimate of drug-likeness (QED) is 0.478. The highest BCUT2D eigenvalue weighted by atomic mass is 28.3. The molecule has 2 N–H and O–H groups in total. The summed E-state index contributed by atoms with van der Waals surface area (Å²) >= 11 is 0. The molecule has 1 aliphatic heterocycles. The van der Waals surface area contributed by atoms with Gasteiger partial charge in [0.15, 0.2) is 12.4 Å². The minimum atomic E-state index is -1.24. The molecule has 3 rings (SSSR count). The van der Waals surface area contributed by atoms with Crippen molar-refractivity contribution in [3.63, 3.8) is 0 Å². The highest BCUT2D eigenvalue weighted by Gasteiger charge is 2.29. The Morgan fingerprint density at radius 1 is 1.32 bits per heavy atom. The lowest BCUT2D eigenvalue weighted by atomic mass is 10.4. The Morgan fingerprint density at radius 3 is 2.82 bits per heavy atom. The molecule has 0 unspecified atom stereocenters. The number of rotatable bonds is 8. The largest absolute Gasteiger partial charge is 0.465 e. The molecule has 0 atom stereocenters. The summed E-state index contributed by atoms with van der Waals surface area (Å²) in [5.41, 5.74) is 5.46. The Labute approximate surface area is 162 Å². The summed E-state index contributed by atoms with van der Waals surface area (Å²) in [7, 11) is -1.24. The number of hydrogen-bond acceptors (Lipinski definition) is 9. The van der Waals surface area contributed by atoms with Gasteiger partial charge in [0.05, 0.1) is 6.20 Å². The van der Waals surface area contributed by atoms with Crippen LogP contribution >= 0.6 is 0 Å². The number of amides is 1. The molecule has 0 saturated heterocycles. The van der Waals surface area contributed by atoms with Gasteiger partial charge >= 0.3 is 5.76 Å². The fourth-order valence-corrected chi connectivity index (χ4v) is 3.18. The molecule has 1 aliphatic rings. The van der Waals surface area contributed by atoms with Gasteiger partial charge in [-0.2, -0.15) is 0 Å². The van der Waals surface area contributed by atoms with Crippen LogP contribution in [0, 0.1) is 0 Å². The molecule has 0 aromatic carbocycles. The number of ether oxygens (including phenoxy) is 2. The van der Waals surface area contributed by atoms with Crippen LogP contribution in [0.3, 0.4) is 0 Å². The van der Waals surface area contributed by atoms with Crippen molar-refractivity contribution in [2.45, 2.75) is 32.1 Å². The fourth-order valence-electron chi connectivity index (χ4n) is 2.42. The first kappa shape index (κ1) is 20.2. The average molecular weight is 408 g/mol. The van der Waals surface area contributed by atoms with Crippen LogP contribution in [-0.2, 0) is 16.0 Å². The zero-order valence-electron chi connectivity index (χ0n) is 16.2. The first-order valence-corrected chi connectivity index (χ1v) is 12.7. The third-order valence-electron chi connectivity index (χ3n) is 3.98. The summed E-state index contributed by atoms with van der Waals surface area (Å²) in [5, 5.41) is 4.05. The molecule has 0 spiro atoms. The van der Waals surface area contributed by atoms with Gasteiger partial charge in [-0.05, 0) is 6.04 Å². The first-order valence-electron chi connectivity index (χ1n) is 8.96. The van der Waals surface area contributed by atoms with Gasteiger partial charge in [0, 0.05) is 27.6 Å². The number of anilines is 1. The summed E-state index contributed by atoms with van der Waals surface area (Å²) in [5.74, 6) is -0.332. The second kappa shape index (κ2) is 8.20. The lowest BCUT2D eigenvalue weighted by Gasteiger charge is -2.27. The standard InChI is InChI=1S/C16H24N6O5Si/c1-28(2,3)7-6-25-10-21-13(23)9-26-15-14(21)19-11(8-18-15)22-16(24)27-12(20-22)4-5-17/h8H,4-7,9-10,17H2,1-3H3. The molecular weight excluding hydrogens is 384 g/mol. The fraction of sp³-hybridized carbons (Fsp3) is 0.562. The zero-order chi connectivity index (χ0) is 20.3. The first-order chi connectivity index (χ1) is 13.3. The van der Waals surface area contributed by atoms with Gasteiger partial charge in [0.1, 0.15) is 6.73 Å². The molecule has 2 aromatic heterocycles. The molecule has 11 nitrogen and oxygen atoms in total. The van der Waals surface area contributed by atoms with Crippen LogP contribution < -0.4 is 21.1 Å². The van der Waals surface area contributed by atoms with E-state index in [0.29, 0.717) is 19.6 Å². The van der Waals surface area contributed by atoms with Crippen LogP contribution in [-0.4, -0.2) is 60.2 Å². The smallest absolute Gasteiger partial charge is 0.443 e. The van der Waals surface area contributed by atoms with Gasteiger partial charge in [0.25, 0.3) is 11.8 Å². The molecular formula is C16H24N6O5Si. The molecule has 0 aliphatic carbocycles. The predicted octanol–water partition coefficient (Wildman–Crippen LogP) is 0.154. The highest BCUT2D eigenvalue weighted by Crippen LogP contribution is 2.28. The summed E-state index contributed by atoms with van der Waals surface area (Å²) in [4.78, 5) is 34.2. The molecule has 28 heavy (non-hydrogen) atoms. The predicted molar refractivity (Wildman–Crippen MR) is 102 cm³/mol. The minimum Gasteiger partial charge on any atom is -0.465 e. The molecule has 0 fully saturated rings. The Kier molecular flexibility index (Phi) is 5.91. The van der Waals surface area contributed by atoms with Crippen LogP contribution in [0.15, 0.2) is 15.4 Å². The second-order valence-corrected chi connectivity index (χ2v) is 13.1. The molecule has 1 amide bonds. The Bertz CT molecular complexity index is 906. The number of fused-ring (bicyclic) bond motifs is 1. The second-order valence-electron chi connectivity index (χ2n) is 7.53. The van der Waals surface area contributed by atoms with Gasteiger partial charge in [-0.3, -0.25) is 9.69 Å². The van der Waals surface area contributed by atoms with E-state index in [1.807, 2.05) is 0 Å². The van der Waals surface area contributed by atoms with E-state index in [0.717, 1.165) is 10.7 Å². The van der Waals surface area contributed by atoms with E-state index in [1.165, 1.54) is 11.1 Å². The number of nitrogens with zero attached hydrogens (tertiary/aromatic N) is 5. The van der Waals surface area contributed by atoms with E-state index in [2.05, 4.69) is 34.7 Å². The van der Waals surface area contributed by atoms with Gasteiger partial charge in [-0.1, -0.05) is 19.6 Å². The van der Waals surface area contributed by atoms with Crippen molar-refractivity contribution in [3.8, 4) is 11.7 Å². The molecule has 0 radical (unpaired) electrons. The van der Waals surface area contributed by atoms with Gasteiger partial charge in [0.2, 0.25) is 11.7 Å². The number of hydrogen-bond donors (Lipinski definition) is 1. The van der Waals surface area contributed by atoms with Crippen molar-refractivity contribution < 1.29 is 18.7 Å². The number of aromatic nitrogens is 4. The molecule has 3 heterocycles. The van der Waals surface area contributed by atoms with Crippen LogP contribution in [0.2, 0.25) is 25.7 Å². The Hall–Kier alpha value is -2.57. The van der Waals surface area contributed by atoms with Gasteiger partial charge in [-0.15, -0.1) is 9.78 Å². The average Bonchev–Trinajstić information content (AvgIpc) is 2.99. The lowest BCUT2D eigenvalue weighted by molar-refractivity contribution is -0.122. The van der Waals surface area contributed by atoms with E-state index in [1.54, 1.807) is 0 Å². The van der Waals surface area contributed by atoms with E-state index < -0.39 is 13.8 Å². The molecule has 0 saturated carbocycles. The van der Waals surface area contributed by atoms with Crippen molar-refractivity contribution in [2.75, 3.05) is 31.4 Å². The zero-order valence-corrected chi connectivity index (χ0v) is 17.2. The lowest BCUT2D eigenvalue weighted by Crippen LogP contribution is -2.41. The maximum atomic E-state index is 12.3. The van der Waals surface area contributed by atoms with E-state index in [-0.39, 0.29) is 42.7 Å². The molecule has 152 valence electrons. The van der Waals surface area contributed by atoms with E-state index in [4.69, 9.17) is 19.6 Å². The van der Waals surface area contributed by atoms with Gasteiger partial charge in [-0.25, -0.2) is 14.8 Å². The van der Waals surface area contributed by atoms with Crippen molar-refractivity contribution in [3.05, 3.63) is 22.6 Å². The number of nitrogens with two attached hydrogens (primary N) is 1. The number of carbonyl (C=O) groups is 1. The Balaban J connectivity index is 1.82. The van der Waals surface area contributed by atoms with Crippen molar-refractivity contribution in [1.29, 1.82) is 0 Å². The van der Waals surface area contributed by atoms with Gasteiger partial charge < -0.3 is 19.6 Å². The molecule has 12 heteroatoms. The third-order valence-corrected chi connectivity index (χ3v) is 5.68. The maximum absolute atomic E-state index is 12.3.